The van der Waals surface area contributed by atoms with E-state index in [1.807, 2.05) is 42.5 Å². The maximum atomic E-state index is 11.2. The number of carboxylic acids is 1. The Morgan fingerprint density at radius 2 is 1.84 bits per heavy atom. The van der Waals surface area contributed by atoms with Gasteiger partial charge in [0, 0.05) is 0 Å². The average molecular weight is 339 g/mol. The van der Waals surface area contributed by atoms with E-state index in [4.69, 9.17) is 9.84 Å². The second-order valence-electron chi connectivity index (χ2n) is 5.33. The molecule has 7 heteroatoms. The zero-order valence-electron chi connectivity index (χ0n) is 12.9. The van der Waals surface area contributed by atoms with Gasteiger partial charge in [0.2, 0.25) is 5.75 Å². The van der Waals surface area contributed by atoms with Crippen LogP contribution in [-0.2, 0) is 6.61 Å². The van der Waals surface area contributed by atoms with Crippen molar-refractivity contribution >= 4 is 22.4 Å². The van der Waals surface area contributed by atoms with Crippen LogP contribution in [0.3, 0.4) is 0 Å². The predicted molar refractivity (Wildman–Crippen MR) is 90.0 cm³/mol. The van der Waals surface area contributed by atoms with E-state index in [9.17, 15) is 20.0 Å². The number of hydrogen-bond donors (Lipinski definition) is 2. The summed E-state index contributed by atoms with van der Waals surface area (Å²) in [6.45, 7) is 0.0995. The number of nitrogens with zero attached hydrogens (tertiary/aromatic N) is 1. The molecule has 0 saturated heterocycles. The minimum absolute atomic E-state index is 0.00478. The van der Waals surface area contributed by atoms with Gasteiger partial charge in [0.15, 0.2) is 0 Å². The summed E-state index contributed by atoms with van der Waals surface area (Å²) in [6, 6.07) is 15.4. The van der Waals surface area contributed by atoms with E-state index in [-0.39, 0.29) is 12.4 Å². The van der Waals surface area contributed by atoms with Crippen molar-refractivity contribution in [1.82, 2.24) is 0 Å². The fraction of sp³-hybridized carbons (Fsp3) is 0.0556. The number of fused-ring (bicyclic) bond motifs is 1. The van der Waals surface area contributed by atoms with Gasteiger partial charge in [-0.2, -0.15) is 0 Å². The lowest BCUT2D eigenvalue weighted by Gasteiger charge is -2.10. The maximum absolute atomic E-state index is 11.2. The Balaban J connectivity index is 1.95. The molecule has 126 valence electrons. The maximum Gasteiger partial charge on any atom is 0.339 e. The van der Waals surface area contributed by atoms with Crippen LogP contribution in [0, 0.1) is 10.1 Å². The Bertz CT molecular complexity index is 942. The number of phenols is 1. The van der Waals surface area contributed by atoms with E-state index in [1.165, 1.54) is 0 Å². The molecule has 0 unspecified atom stereocenters. The normalized spacial score (nSPS) is 10.6. The summed E-state index contributed by atoms with van der Waals surface area (Å²) >= 11 is 0. The topological polar surface area (TPSA) is 110 Å². The van der Waals surface area contributed by atoms with Crippen molar-refractivity contribution in [3.63, 3.8) is 0 Å². The molecule has 0 aromatic heterocycles. The van der Waals surface area contributed by atoms with Crippen molar-refractivity contribution in [2.24, 2.45) is 0 Å². The molecule has 0 radical (unpaired) electrons. The van der Waals surface area contributed by atoms with Crippen molar-refractivity contribution in [1.29, 1.82) is 0 Å². The van der Waals surface area contributed by atoms with Crippen molar-refractivity contribution in [2.75, 3.05) is 0 Å². The van der Waals surface area contributed by atoms with Gasteiger partial charge in [-0.05, 0) is 22.4 Å². The number of carbonyl (C=O) groups is 1. The highest BCUT2D eigenvalue weighted by molar-refractivity contribution is 5.93. The molecule has 25 heavy (non-hydrogen) atoms. The van der Waals surface area contributed by atoms with E-state index in [0.717, 1.165) is 28.5 Å². The van der Waals surface area contributed by atoms with Crippen molar-refractivity contribution < 1.29 is 24.7 Å². The van der Waals surface area contributed by atoms with Crippen LogP contribution in [0.15, 0.2) is 54.6 Å². The second-order valence-corrected chi connectivity index (χ2v) is 5.33. The molecule has 2 N–H and O–H groups in total. The number of ether oxygens (including phenoxy) is 1. The number of benzene rings is 3. The number of aromatic hydroxyl groups is 1. The third kappa shape index (κ3) is 3.20. The molecule has 0 aliphatic carbocycles. The quantitative estimate of drug-likeness (QED) is 0.541. The molecular weight excluding hydrogens is 326 g/mol. The molecule has 0 aliphatic rings. The van der Waals surface area contributed by atoms with Crippen LogP contribution in [0.2, 0.25) is 0 Å². The highest BCUT2D eigenvalue weighted by Crippen LogP contribution is 2.35. The summed E-state index contributed by atoms with van der Waals surface area (Å²) in [6.07, 6.45) is 0. The van der Waals surface area contributed by atoms with Gasteiger partial charge < -0.3 is 14.9 Å². The Morgan fingerprint density at radius 1 is 1.12 bits per heavy atom. The van der Waals surface area contributed by atoms with E-state index < -0.39 is 27.9 Å². The molecule has 0 bridgehead atoms. The Hall–Kier alpha value is -3.61. The number of nitro benzene ring substituents is 1. The van der Waals surface area contributed by atoms with Crippen LogP contribution < -0.4 is 4.74 Å². The molecule has 7 nitrogen and oxygen atoms in total. The zero-order chi connectivity index (χ0) is 18.0. The summed E-state index contributed by atoms with van der Waals surface area (Å²) in [5.41, 5.74) is -0.444. The lowest BCUT2D eigenvalue weighted by atomic mass is 10.1. The van der Waals surface area contributed by atoms with E-state index in [1.54, 1.807) is 0 Å². The van der Waals surface area contributed by atoms with Gasteiger partial charge in [0.25, 0.3) is 0 Å². The van der Waals surface area contributed by atoms with E-state index in [0.29, 0.717) is 0 Å². The minimum Gasteiger partial charge on any atom is -0.501 e. The van der Waals surface area contributed by atoms with Crippen molar-refractivity contribution in [3.8, 4) is 11.5 Å². The summed E-state index contributed by atoms with van der Waals surface area (Å²) in [7, 11) is 0. The molecule has 0 amide bonds. The van der Waals surface area contributed by atoms with Crippen LogP contribution >= 0.6 is 0 Å². The van der Waals surface area contributed by atoms with Gasteiger partial charge in [-0.3, -0.25) is 10.1 Å². The number of nitro groups is 1. The highest BCUT2D eigenvalue weighted by Gasteiger charge is 2.23. The van der Waals surface area contributed by atoms with Gasteiger partial charge in [-0.15, -0.1) is 0 Å². The third-order valence-electron chi connectivity index (χ3n) is 3.76. The molecular formula is C18H13NO6. The van der Waals surface area contributed by atoms with Gasteiger partial charge in [0.1, 0.15) is 17.9 Å². The van der Waals surface area contributed by atoms with Gasteiger partial charge in [0.05, 0.1) is 11.0 Å². The Morgan fingerprint density at radius 3 is 2.56 bits per heavy atom. The molecule has 3 aromatic rings. The van der Waals surface area contributed by atoms with Crippen LogP contribution in [0.4, 0.5) is 5.69 Å². The zero-order valence-corrected chi connectivity index (χ0v) is 12.9. The molecule has 0 atom stereocenters. The number of rotatable bonds is 5. The van der Waals surface area contributed by atoms with E-state index >= 15 is 0 Å². The van der Waals surface area contributed by atoms with Gasteiger partial charge >= 0.3 is 11.7 Å². The Kier molecular flexibility index (Phi) is 4.21. The smallest absolute Gasteiger partial charge is 0.339 e. The van der Waals surface area contributed by atoms with Gasteiger partial charge in [-0.25, -0.2) is 4.79 Å². The largest absolute Gasteiger partial charge is 0.501 e. The highest BCUT2D eigenvalue weighted by atomic mass is 16.6. The first-order valence-corrected chi connectivity index (χ1v) is 7.31. The average Bonchev–Trinajstić information content (AvgIpc) is 2.60. The number of aromatic carboxylic acids is 1. The lowest BCUT2D eigenvalue weighted by molar-refractivity contribution is -0.386. The molecule has 0 fully saturated rings. The van der Waals surface area contributed by atoms with E-state index in [2.05, 4.69) is 0 Å². The molecule has 3 rings (SSSR count). The number of hydrogen-bond acceptors (Lipinski definition) is 5. The monoisotopic (exact) mass is 339 g/mol. The SMILES string of the molecule is O=C(O)c1cc(OCc2cccc3ccccc23)cc([N+](=O)[O-])c1O. The number of carboxylic acid groups (broad SMARTS) is 1. The summed E-state index contributed by atoms with van der Waals surface area (Å²) in [5, 5.41) is 31.8. The summed E-state index contributed by atoms with van der Waals surface area (Å²) in [4.78, 5) is 21.3. The molecule has 0 aliphatic heterocycles. The molecule has 3 aromatic carbocycles. The third-order valence-corrected chi connectivity index (χ3v) is 3.76. The molecule has 0 heterocycles. The van der Waals surface area contributed by atoms with Crippen molar-refractivity contribution in [3.05, 3.63) is 75.8 Å². The van der Waals surface area contributed by atoms with Crippen LogP contribution in [-0.4, -0.2) is 21.1 Å². The second kappa shape index (κ2) is 6.48. The van der Waals surface area contributed by atoms with Crippen LogP contribution in [0.1, 0.15) is 15.9 Å². The first-order chi connectivity index (χ1) is 12.0. The van der Waals surface area contributed by atoms with Crippen molar-refractivity contribution in [2.45, 2.75) is 6.61 Å². The predicted octanol–water partition coefficient (Wildman–Crippen LogP) is 3.73. The Labute approximate surface area is 141 Å². The summed E-state index contributed by atoms with van der Waals surface area (Å²) in [5.74, 6) is -2.37. The first-order valence-electron chi connectivity index (χ1n) is 7.31. The lowest BCUT2D eigenvalue weighted by Crippen LogP contribution is -2.03. The fourth-order valence-electron chi connectivity index (χ4n) is 2.56. The first kappa shape index (κ1) is 16.3. The fourth-order valence-corrected chi connectivity index (χ4v) is 2.56. The summed E-state index contributed by atoms with van der Waals surface area (Å²) < 4.78 is 5.56. The van der Waals surface area contributed by atoms with Crippen LogP contribution in [0.25, 0.3) is 10.8 Å². The van der Waals surface area contributed by atoms with Crippen LogP contribution in [0.5, 0.6) is 11.5 Å². The van der Waals surface area contributed by atoms with Gasteiger partial charge in [-0.1, -0.05) is 42.5 Å². The minimum atomic E-state index is -1.48. The molecule has 0 saturated carbocycles. The molecule has 0 spiro atoms. The standard InChI is InChI=1S/C18H13NO6/c20-17-15(18(21)22)8-13(9-16(17)19(23)24)25-10-12-6-3-5-11-4-1-2-7-14(11)12/h1-9,20H,10H2,(H,21,22).